The summed E-state index contributed by atoms with van der Waals surface area (Å²) in [5, 5.41) is 1.03. The molecule has 21 heavy (non-hydrogen) atoms. The van der Waals surface area contributed by atoms with E-state index in [0.29, 0.717) is 13.0 Å². The molecule has 1 fully saturated rings. The Kier molecular flexibility index (Phi) is 3.98. The van der Waals surface area contributed by atoms with E-state index in [1.807, 2.05) is 30.3 Å². The first-order chi connectivity index (χ1) is 10.3. The first-order valence-electron chi connectivity index (χ1n) is 6.90. The molecule has 1 aromatic carbocycles. The van der Waals surface area contributed by atoms with Crippen LogP contribution in [0.4, 0.5) is 0 Å². The van der Waals surface area contributed by atoms with Crippen LogP contribution in [0.1, 0.15) is 12.8 Å². The van der Waals surface area contributed by atoms with Crippen LogP contribution < -0.4 is 16.0 Å². The molecule has 0 radical (unpaired) electrons. The summed E-state index contributed by atoms with van der Waals surface area (Å²) in [6.07, 6.45) is 2.59. The van der Waals surface area contributed by atoms with Gasteiger partial charge in [0.05, 0.1) is 6.10 Å². The van der Waals surface area contributed by atoms with Gasteiger partial charge in [-0.05, 0) is 25.0 Å². The van der Waals surface area contributed by atoms with Crippen LogP contribution in [-0.4, -0.2) is 29.7 Å². The summed E-state index contributed by atoms with van der Waals surface area (Å²) >= 11 is 0. The molecule has 2 atom stereocenters. The number of nitrogens with zero attached hydrogens (tertiary/aromatic N) is 1. The maximum atomic E-state index is 11.4. The van der Waals surface area contributed by atoms with E-state index >= 15 is 0 Å². The molecule has 6 heteroatoms. The van der Waals surface area contributed by atoms with Gasteiger partial charge < -0.3 is 9.47 Å². The first-order valence-corrected chi connectivity index (χ1v) is 6.90. The van der Waals surface area contributed by atoms with Crippen molar-refractivity contribution in [2.24, 2.45) is 5.84 Å². The van der Waals surface area contributed by atoms with Crippen molar-refractivity contribution in [3.05, 3.63) is 36.5 Å². The Labute approximate surface area is 122 Å². The number of para-hydroxylation sites is 1. The third kappa shape index (κ3) is 2.96. The Hall–Kier alpha value is -2.18. The number of carbonyl (C=O) groups is 1. The molecule has 2 aromatic rings. The van der Waals surface area contributed by atoms with Crippen LogP contribution in [0, 0.1) is 0 Å². The minimum absolute atomic E-state index is 0.105. The Morgan fingerprint density at radius 2 is 2.24 bits per heavy atom. The Balaban J connectivity index is 1.64. The molecule has 2 heterocycles. The lowest BCUT2D eigenvalue weighted by Crippen LogP contribution is -2.39. The van der Waals surface area contributed by atoms with Gasteiger partial charge >= 0.3 is 0 Å². The SMILES string of the molecule is NNC(=O)C1CCC(COc2cccc3cccnc23)O1. The summed E-state index contributed by atoms with van der Waals surface area (Å²) in [7, 11) is 0. The van der Waals surface area contributed by atoms with Crippen LogP contribution in [0.3, 0.4) is 0 Å². The highest BCUT2D eigenvalue weighted by molar-refractivity contribution is 5.84. The number of fused-ring (bicyclic) bond motifs is 1. The van der Waals surface area contributed by atoms with E-state index in [-0.39, 0.29) is 12.0 Å². The van der Waals surface area contributed by atoms with E-state index in [1.165, 1.54) is 0 Å². The predicted octanol–water partition coefficient (Wildman–Crippen LogP) is 1.15. The molecule has 1 aliphatic rings. The van der Waals surface area contributed by atoms with Gasteiger partial charge in [-0.25, -0.2) is 5.84 Å². The second-order valence-corrected chi connectivity index (χ2v) is 4.97. The molecule has 3 rings (SSSR count). The third-order valence-electron chi connectivity index (χ3n) is 3.56. The fraction of sp³-hybridized carbons (Fsp3) is 0.333. The highest BCUT2D eigenvalue weighted by atomic mass is 16.5. The molecule has 0 bridgehead atoms. The van der Waals surface area contributed by atoms with Crippen molar-refractivity contribution >= 4 is 16.8 Å². The van der Waals surface area contributed by atoms with Gasteiger partial charge in [0.25, 0.3) is 5.91 Å². The largest absolute Gasteiger partial charge is 0.489 e. The number of hydrazine groups is 1. The number of hydrogen-bond donors (Lipinski definition) is 2. The second kappa shape index (κ2) is 6.07. The average Bonchev–Trinajstić information content (AvgIpc) is 3.01. The lowest BCUT2D eigenvalue weighted by Gasteiger charge is -2.14. The molecule has 1 amide bonds. The number of rotatable bonds is 4. The Morgan fingerprint density at radius 1 is 1.38 bits per heavy atom. The van der Waals surface area contributed by atoms with E-state index in [2.05, 4.69) is 10.4 Å². The van der Waals surface area contributed by atoms with Gasteiger partial charge in [-0.15, -0.1) is 0 Å². The van der Waals surface area contributed by atoms with E-state index in [4.69, 9.17) is 15.3 Å². The molecule has 2 unspecified atom stereocenters. The highest BCUT2D eigenvalue weighted by Crippen LogP contribution is 2.25. The maximum absolute atomic E-state index is 11.4. The minimum Gasteiger partial charge on any atom is -0.489 e. The normalized spacial score (nSPS) is 21.4. The number of hydrogen-bond acceptors (Lipinski definition) is 5. The van der Waals surface area contributed by atoms with E-state index in [1.54, 1.807) is 6.20 Å². The predicted molar refractivity (Wildman–Crippen MR) is 77.5 cm³/mol. The number of aromatic nitrogens is 1. The van der Waals surface area contributed by atoms with Crippen LogP contribution >= 0.6 is 0 Å². The lowest BCUT2D eigenvalue weighted by atomic mass is 10.2. The monoisotopic (exact) mass is 287 g/mol. The number of benzene rings is 1. The van der Waals surface area contributed by atoms with Crippen molar-refractivity contribution in [1.82, 2.24) is 10.4 Å². The lowest BCUT2D eigenvalue weighted by molar-refractivity contribution is -0.132. The maximum Gasteiger partial charge on any atom is 0.263 e. The van der Waals surface area contributed by atoms with Gasteiger partial charge in [-0.2, -0.15) is 0 Å². The van der Waals surface area contributed by atoms with E-state index in [9.17, 15) is 4.79 Å². The number of amides is 1. The number of pyridine rings is 1. The quantitative estimate of drug-likeness (QED) is 0.500. The van der Waals surface area contributed by atoms with Crippen LogP contribution in [-0.2, 0) is 9.53 Å². The van der Waals surface area contributed by atoms with Crippen molar-refractivity contribution in [3.8, 4) is 5.75 Å². The smallest absolute Gasteiger partial charge is 0.263 e. The van der Waals surface area contributed by atoms with Crippen molar-refractivity contribution in [3.63, 3.8) is 0 Å². The van der Waals surface area contributed by atoms with Crippen molar-refractivity contribution in [2.75, 3.05) is 6.61 Å². The molecule has 1 aromatic heterocycles. The molecule has 6 nitrogen and oxygen atoms in total. The van der Waals surface area contributed by atoms with E-state index < -0.39 is 6.10 Å². The van der Waals surface area contributed by atoms with Crippen LogP contribution in [0.25, 0.3) is 10.9 Å². The van der Waals surface area contributed by atoms with Gasteiger partial charge in [0.1, 0.15) is 24.0 Å². The number of ether oxygens (including phenoxy) is 2. The van der Waals surface area contributed by atoms with Crippen molar-refractivity contribution in [2.45, 2.75) is 25.0 Å². The number of carbonyl (C=O) groups excluding carboxylic acids is 1. The topological polar surface area (TPSA) is 86.5 Å². The van der Waals surface area contributed by atoms with Crippen LogP contribution in [0.15, 0.2) is 36.5 Å². The molecule has 3 N–H and O–H groups in total. The zero-order valence-electron chi connectivity index (χ0n) is 11.5. The third-order valence-corrected chi connectivity index (χ3v) is 3.56. The second-order valence-electron chi connectivity index (χ2n) is 4.97. The fourth-order valence-corrected chi connectivity index (χ4v) is 2.49. The summed E-state index contributed by atoms with van der Waals surface area (Å²) in [4.78, 5) is 15.7. The summed E-state index contributed by atoms with van der Waals surface area (Å²) < 4.78 is 11.4. The molecular formula is C15H17N3O3. The minimum atomic E-state index is -0.478. The molecule has 110 valence electrons. The van der Waals surface area contributed by atoms with Gasteiger partial charge in [-0.1, -0.05) is 18.2 Å². The molecule has 0 spiro atoms. The van der Waals surface area contributed by atoms with E-state index in [0.717, 1.165) is 23.1 Å². The van der Waals surface area contributed by atoms with Crippen LogP contribution in [0.5, 0.6) is 5.75 Å². The standard InChI is InChI=1S/C15H17N3O3/c16-18-15(19)13-7-6-11(21-13)9-20-12-5-1-3-10-4-2-8-17-14(10)12/h1-5,8,11,13H,6-7,9,16H2,(H,18,19). The van der Waals surface area contributed by atoms with Crippen molar-refractivity contribution < 1.29 is 14.3 Å². The fourth-order valence-electron chi connectivity index (χ4n) is 2.49. The van der Waals surface area contributed by atoms with Gasteiger partial charge in [0, 0.05) is 11.6 Å². The Morgan fingerprint density at radius 3 is 3.10 bits per heavy atom. The number of nitrogens with one attached hydrogen (secondary N) is 1. The average molecular weight is 287 g/mol. The van der Waals surface area contributed by atoms with Gasteiger partial charge in [-0.3, -0.25) is 15.2 Å². The zero-order valence-corrected chi connectivity index (χ0v) is 11.5. The van der Waals surface area contributed by atoms with Gasteiger partial charge in [0.15, 0.2) is 0 Å². The number of nitrogens with two attached hydrogens (primary N) is 1. The molecular weight excluding hydrogens is 270 g/mol. The molecule has 0 saturated carbocycles. The molecule has 1 saturated heterocycles. The molecule has 1 aliphatic heterocycles. The summed E-state index contributed by atoms with van der Waals surface area (Å²) in [5.41, 5.74) is 2.94. The zero-order chi connectivity index (χ0) is 14.7. The Bertz CT molecular complexity index is 642. The first kappa shape index (κ1) is 13.8. The van der Waals surface area contributed by atoms with Crippen molar-refractivity contribution in [1.29, 1.82) is 0 Å². The van der Waals surface area contributed by atoms with Gasteiger partial charge in [0.2, 0.25) is 0 Å². The highest BCUT2D eigenvalue weighted by Gasteiger charge is 2.30. The summed E-state index contributed by atoms with van der Waals surface area (Å²) in [5.74, 6) is 5.54. The summed E-state index contributed by atoms with van der Waals surface area (Å²) in [6.45, 7) is 0.393. The summed E-state index contributed by atoms with van der Waals surface area (Å²) in [6, 6.07) is 9.68. The van der Waals surface area contributed by atoms with Crippen LogP contribution in [0.2, 0.25) is 0 Å². The molecule has 0 aliphatic carbocycles.